The molecule has 150 valence electrons. The molecule has 4 rings (SSSR count). The Bertz CT molecular complexity index is 1010. The van der Waals surface area contributed by atoms with Gasteiger partial charge >= 0.3 is 0 Å². The maximum absolute atomic E-state index is 13.1. The van der Waals surface area contributed by atoms with Gasteiger partial charge in [-0.25, -0.2) is 9.37 Å². The molecule has 1 aliphatic rings. The van der Waals surface area contributed by atoms with Gasteiger partial charge in [0.2, 0.25) is 5.91 Å². The number of likely N-dealkylation sites (tertiary alicyclic amines) is 1. The van der Waals surface area contributed by atoms with Crippen molar-refractivity contribution in [2.24, 2.45) is 7.05 Å². The Morgan fingerprint density at radius 3 is 2.79 bits per heavy atom. The molecule has 3 heterocycles. The second-order valence-electron chi connectivity index (χ2n) is 7.36. The van der Waals surface area contributed by atoms with Crippen LogP contribution in [0.15, 0.2) is 54.1 Å². The minimum atomic E-state index is -0.263. The third kappa shape index (κ3) is 4.48. The molecule has 1 saturated heterocycles. The van der Waals surface area contributed by atoms with Crippen LogP contribution in [-0.4, -0.2) is 26.9 Å². The van der Waals surface area contributed by atoms with E-state index in [1.165, 1.54) is 29.2 Å². The van der Waals surface area contributed by atoms with Crippen LogP contribution in [0.2, 0.25) is 0 Å². The van der Waals surface area contributed by atoms with Gasteiger partial charge in [-0.1, -0.05) is 12.8 Å². The van der Waals surface area contributed by atoms with E-state index in [1.54, 1.807) is 24.3 Å². The van der Waals surface area contributed by atoms with Gasteiger partial charge in [0, 0.05) is 42.5 Å². The Morgan fingerprint density at radius 2 is 2.03 bits per heavy atom. The highest BCUT2D eigenvalue weighted by molar-refractivity contribution is 7.13. The zero-order valence-corrected chi connectivity index (χ0v) is 17.2. The molecule has 0 aliphatic carbocycles. The number of benzene rings is 1. The number of carbonyl (C=O) groups excluding carboxylic acids is 1. The lowest BCUT2D eigenvalue weighted by Crippen LogP contribution is -2.34. The monoisotopic (exact) mass is 409 g/mol. The third-order valence-corrected chi connectivity index (χ3v) is 6.28. The van der Waals surface area contributed by atoms with Crippen LogP contribution in [0.1, 0.15) is 43.1 Å². The molecule has 1 aliphatic heterocycles. The first-order chi connectivity index (χ1) is 14.1. The van der Waals surface area contributed by atoms with Crippen molar-refractivity contribution in [3.8, 4) is 10.6 Å². The van der Waals surface area contributed by atoms with E-state index in [0.717, 1.165) is 48.5 Å². The second kappa shape index (κ2) is 8.74. The molecule has 1 fully saturated rings. The zero-order chi connectivity index (χ0) is 20.2. The molecule has 1 amide bonds. The first kappa shape index (κ1) is 19.6. The third-order valence-electron chi connectivity index (χ3n) is 5.37. The molecule has 0 N–H and O–H groups in total. The van der Waals surface area contributed by atoms with Crippen LogP contribution in [0.4, 0.5) is 4.39 Å². The topological polar surface area (TPSA) is 38.1 Å². The van der Waals surface area contributed by atoms with Crippen LogP contribution < -0.4 is 0 Å². The molecule has 1 unspecified atom stereocenters. The lowest BCUT2D eigenvalue weighted by Gasteiger charge is -2.29. The molecule has 0 radical (unpaired) electrons. The number of rotatable bonds is 4. The zero-order valence-electron chi connectivity index (χ0n) is 16.4. The van der Waals surface area contributed by atoms with Gasteiger partial charge in [-0.15, -0.1) is 11.3 Å². The predicted molar refractivity (Wildman–Crippen MR) is 115 cm³/mol. The number of hydrogen-bond donors (Lipinski definition) is 0. The van der Waals surface area contributed by atoms with Gasteiger partial charge in [0.1, 0.15) is 10.8 Å². The summed E-state index contributed by atoms with van der Waals surface area (Å²) >= 11 is 1.49. The van der Waals surface area contributed by atoms with Crippen molar-refractivity contribution in [3.05, 3.63) is 71.3 Å². The van der Waals surface area contributed by atoms with Crippen molar-refractivity contribution < 1.29 is 9.18 Å². The average Bonchev–Trinajstić information content (AvgIpc) is 3.29. The van der Waals surface area contributed by atoms with Crippen molar-refractivity contribution in [2.75, 3.05) is 6.54 Å². The first-order valence-electron chi connectivity index (χ1n) is 9.93. The van der Waals surface area contributed by atoms with E-state index in [0.29, 0.717) is 0 Å². The van der Waals surface area contributed by atoms with E-state index in [4.69, 9.17) is 0 Å². The molecule has 0 bridgehead atoms. The highest BCUT2D eigenvalue weighted by Crippen LogP contribution is 2.31. The minimum absolute atomic E-state index is 0.0226. The minimum Gasteiger partial charge on any atom is -0.353 e. The van der Waals surface area contributed by atoms with Gasteiger partial charge in [-0.3, -0.25) is 4.79 Å². The van der Waals surface area contributed by atoms with Crippen LogP contribution in [0, 0.1) is 5.82 Å². The van der Waals surface area contributed by atoms with Gasteiger partial charge in [-0.2, -0.15) is 0 Å². The van der Waals surface area contributed by atoms with E-state index in [1.807, 2.05) is 29.6 Å². The van der Waals surface area contributed by atoms with Gasteiger partial charge < -0.3 is 9.47 Å². The molecular weight excluding hydrogens is 385 g/mol. The average molecular weight is 410 g/mol. The van der Waals surface area contributed by atoms with E-state index in [2.05, 4.69) is 15.6 Å². The molecular formula is C23H24FN3OS. The van der Waals surface area contributed by atoms with Crippen molar-refractivity contribution in [3.63, 3.8) is 0 Å². The standard InChI is InChI=1S/C23H24FN3OS/c1-26-14-5-7-20(26)21-6-3-2-4-15-27(21)22(28)13-12-19-16-29-23(25-19)17-8-10-18(24)11-9-17/h5,7-14,16,21H,2-4,6,15H2,1H3. The van der Waals surface area contributed by atoms with E-state index >= 15 is 0 Å². The number of carbonyl (C=O) groups is 1. The molecule has 6 heteroatoms. The first-order valence-corrected chi connectivity index (χ1v) is 10.8. The Labute approximate surface area is 174 Å². The number of aryl methyl sites for hydroxylation is 1. The molecule has 2 aromatic heterocycles. The molecule has 29 heavy (non-hydrogen) atoms. The lowest BCUT2D eigenvalue weighted by molar-refractivity contribution is -0.128. The second-order valence-corrected chi connectivity index (χ2v) is 8.22. The SMILES string of the molecule is Cn1cccc1C1CCCCCN1C(=O)C=Cc1csc(-c2ccc(F)cc2)n1. The fourth-order valence-corrected chi connectivity index (χ4v) is 4.63. The summed E-state index contributed by atoms with van der Waals surface area (Å²) in [7, 11) is 2.03. The van der Waals surface area contributed by atoms with Crippen LogP contribution >= 0.6 is 11.3 Å². The number of halogens is 1. The highest BCUT2D eigenvalue weighted by Gasteiger charge is 2.27. The molecule has 0 saturated carbocycles. The van der Waals surface area contributed by atoms with Crippen molar-refractivity contribution in [1.82, 2.24) is 14.5 Å². The summed E-state index contributed by atoms with van der Waals surface area (Å²) < 4.78 is 15.2. The Kier molecular flexibility index (Phi) is 5.90. The van der Waals surface area contributed by atoms with Crippen molar-refractivity contribution >= 4 is 23.3 Å². The fourth-order valence-electron chi connectivity index (χ4n) is 3.84. The van der Waals surface area contributed by atoms with Gasteiger partial charge in [0.25, 0.3) is 0 Å². The quantitative estimate of drug-likeness (QED) is 0.538. The van der Waals surface area contributed by atoms with E-state index in [-0.39, 0.29) is 17.8 Å². The smallest absolute Gasteiger partial charge is 0.247 e. The fraction of sp³-hybridized carbons (Fsp3) is 0.304. The van der Waals surface area contributed by atoms with Gasteiger partial charge in [0.15, 0.2) is 0 Å². The maximum Gasteiger partial charge on any atom is 0.247 e. The Morgan fingerprint density at radius 1 is 1.21 bits per heavy atom. The normalized spacial score (nSPS) is 17.6. The van der Waals surface area contributed by atoms with Crippen molar-refractivity contribution in [2.45, 2.75) is 31.7 Å². The largest absolute Gasteiger partial charge is 0.353 e. The maximum atomic E-state index is 13.1. The van der Waals surface area contributed by atoms with Crippen LogP contribution in [-0.2, 0) is 11.8 Å². The summed E-state index contributed by atoms with van der Waals surface area (Å²) in [6.07, 6.45) is 9.75. The van der Waals surface area contributed by atoms with Crippen LogP contribution in [0.3, 0.4) is 0 Å². The van der Waals surface area contributed by atoms with Crippen LogP contribution in [0.25, 0.3) is 16.6 Å². The number of thiazole rings is 1. The summed E-state index contributed by atoms with van der Waals surface area (Å²) in [6.45, 7) is 0.775. The Balaban J connectivity index is 1.50. The number of nitrogens with zero attached hydrogens (tertiary/aromatic N) is 3. The van der Waals surface area contributed by atoms with Gasteiger partial charge in [0.05, 0.1) is 11.7 Å². The molecule has 1 aromatic carbocycles. The number of amides is 1. The van der Waals surface area contributed by atoms with Gasteiger partial charge in [-0.05, 0) is 55.3 Å². The van der Waals surface area contributed by atoms with Crippen molar-refractivity contribution in [1.29, 1.82) is 0 Å². The number of hydrogen-bond acceptors (Lipinski definition) is 3. The molecule has 3 aromatic rings. The summed E-state index contributed by atoms with van der Waals surface area (Å²) in [4.78, 5) is 19.6. The number of aromatic nitrogens is 2. The predicted octanol–water partition coefficient (Wildman–Crippen LogP) is 5.44. The Hall–Kier alpha value is -2.73. The molecule has 4 nitrogen and oxygen atoms in total. The summed E-state index contributed by atoms with van der Waals surface area (Å²) in [6, 6.07) is 10.5. The molecule has 0 spiro atoms. The summed E-state index contributed by atoms with van der Waals surface area (Å²) in [5.41, 5.74) is 2.80. The molecule has 1 atom stereocenters. The summed E-state index contributed by atoms with van der Waals surface area (Å²) in [5, 5.41) is 2.73. The lowest BCUT2D eigenvalue weighted by atomic mass is 10.1. The highest BCUT2D eigenvalue weighted by atomic mass is 32.1. The summed E-state index contributed by atoms with van der Waals surface area (Å²) in [5.74, 6) is -0.240. The van der Waals surface area contributed by atoms with E-state index in [9.17, 15) is 9.18 Å². The van der Waals surface area contributed by atoms with E-state index < -0.39 is 0 Å². The van der Waals surface area contributed by atoms with Crippen LogP contribution in [0.5, 0.6) is 0 Å².